The monoisotopic (exact) mass is 431 g/mol. The molecular formula is C23H25N7O2. The molecule has 0 saturated heterocycles. The van der Waals surface area contributed by atoms with Crippen molar-refractivity contribution in [3.8, 4) is 22.7 Å². The minimum absolute atomic E-state index is 0.260. The summed E-state index contributed by atoms with van der Waals surface area (Å²) in [5, 5.41) is 14.5. The van der Waals surface area contributed by atoms with Crippen molar-refractivity contribution in [2.24, 2.45) is 0 Å². The van der Waals surface area contributed by atoms with E-state index in [-0.39, 0.29) is 11.4 Å². The van der Waals surface area contributed by atoms with Crippen molar-refractivity contribution >= 4 is 5.95 Å². The second-order valence-electron chi connectivity index (χ2n) is 8.99. The average Bonchev–Trinajstić information content (AvgIpc) is 3.37. The van der Waals surface area contributed by atoms with Gasteiger partial charge in [-0.1, -0.05) is 35.8 Å². The van der Waals surface area contributed by atoms with Crippen molar-refractivity contribution < 1.29 is 9.63 Å². The van der Waals surface area contributed by atoms with Gasteiger partial charge >= 0.3 is 0 Å². The Morgan fingerprint density at radius 2 is 1.81 bits per heavy atom. The number of nitrogens with two attached hydrogens (primary N) is 1. The van der Waals surface area contributed by atoms with Crippen molar-refractivity contribution in [1.82, 2.24) is 29.7 Å². The predicted octanol–water partition coefficient (Wildman–Crippen LogP) is 3.21. The molecule has 0 amide bonds. The van der Waals surface area contributed by atoms with E-state index in [9.17, 15) is 5.11 Å². The van der Waals surface area contributed by atoms with Crippen molar-refractivity contribution in [2.75, 3.05) is 5.73 Å². The van der Waals surface area contributed by atoms with Gasteiger partial charge in [0.25, 0.3) is 5.89 Å². The van der Waals surface area contributed by atoms with Crippen LogP contribution in [0.15, 0.2) is 53.7 Å². The Balaban J connectivity index is 1.44. The first-order valence-corrected chi connectivity index (χ1v) is 10.6. The zero-order valence-electron chi connectivity index (χ0n) is 18.1. The van der Waals surface area contributed by atoms with Crippen LogP contribution in [0.2, 0.25) is 0 Å². The number of aliphatic hydroxyl groups is 1. The number of aromatic nitrogens is 6. The molecule has 3 aromatic heterocycles. The fourth-order valence-electron chi connectivity index (χ4n) is 4.20. The number of nitrogen functional groups attached to an aromatic ring is 1. The molecule has 1 saturated carbocycles. The highest BCUT2D eigenvalue weighted by Gasteiger charge is 2.44. The molecule has 3 N–H and O–H groups in total. The molecule has 1 aromatic carbocycles. The predicted molar refractivity (Wildman–Crippen MR) is 118 cm³/mol. The van der Waals surface area contributed by atoms with Crippen LogP contribution in [-0.4, -0.2) is 40.4 Å². The number of anilines is 1. The van der Waals surface area contributed by atoms with Crippen LogP contribution in [0.1, 0.15) is 44.5 Å². The van der Waals surface area contributed by atoms with Crippen molar-refractivity contribution in [1.29, 1.82) is 0 Å². The third kappa shape index (κ3) is 3.64. The number of benzene rings is 1. The number of hydrogen-bond acceptors (Lipinski definition) is 8. The smallest absolute Gasteiger partial charge is 0.276 e. The maximum atomic E-state index is 10.2. The summed E-state index contributed by atoms with van der Waals surface area (Å²) in [5.74, 6) is 1.34. The average molecular weight is 432 g/mol. The number of nitrogens with zero attached hydrogens (tertiary/aromatic N) is 6. The van der Waals surface area contributed by atoms with E-state index < -0.39 is 5.60 Å². The summed E-state index contributed by atoms with van der Waals surface area (Å²) in [4.78, 5) is 17.1. The van der Waals surface area contributed by atoms with Crippen LogP contribution in [0, 0.1) is 0 Å². The standard InChI is InChI=1S/C23H25N7O2/c1-22(2,31)13-30-14-25-12-18(30)19-28-20(29-32-19)23(8-3-9-23)17-6-4-15(5-7-17)16-10-26-21(24)27-11-16/h4-7,10-12,14,31H,3,8-9,13H2,1-2H3,(H2,24,26,27). The third-order valence-corrected chi connectivity index (χ3v) is 5.99. The van der Waals surface area contributed by atoms with E-state index in [1.807, 2.05) is 4.57 Å². The lowest BCUT2D eigenvalue weighted by Crippen LogP contribution is -2.36. The highest BCUT2D eigenvalue weighted by molar-refractivity contribution is 5.63. The van der Waals surface area contributed by atoms with Crippen LogP contribution in [0.5, 0.6) is 0 Å². The van der Waals surface area contributed by atoms with Gasteiger partial charge in [-0.15, -0.1) is 0 Å². The molecule has 4 aromatic rings. The van der Waals surface area contributed by atoms with Gasteiger partial charge in [-0.2, -0.15) is 4.98 Å². The maximum absolute atomic E-state index is 10.2. The van der Waals surface area contributed by atoms with E-state index in [4.69, 9.17) is 15.2 Å². The molecule has 0 radical (unpaired) electrons. The summed E-state index contributed by atoms with van der Waals surface area (Å²) < 4.78 is 7.47. The van der Waals surface area contributed by atoms with Gasteiger partial charge in [0.2, 0.25) is 5.95 Å². The van der Waals surface area contributed by atoms with Gasteiger partial charge in [-0.05, 0) is 37.8 Å². The molecular weight excluding hydrogens is 406 g/mol. The van der Waals surface area contributed by atoms with Crippen LogP contribution in [-0.2, 0) is 12.0 Å². The first-order valence-electron chi connectivity index (χ1n) is 10.6. The first-order chi connectivity index (χ1) is 15.3. The van der Waals surface area contributed by atoms with Crippen LogP contribution < -0.4 is 5.73 Å². The molecule has 5 rings (SSSR count). The van der Waals surface area contributed by atoms with E-state index in [0.29, 0.717) is 24.0 Å². The van der Waals surface area contributed by atoms with Crippen LogP contribution >= 0.6 is 0 Å². The summed E-state index contributed by atoms with van der Waals surface area (Å²) in [6.07, 6.45) is 9.81. The van der Waals surface area contributed by atoms with E-state index in [0.717, 1.165) is 36.0 Å². The molecule has 0 spiro atoms. The summed E-state index contributed by atoms with van der Waals surface area (Å²) in [5.41, 5.74) is 8.22. The lowest BCUT2D eigenvalue weighted by Gasteiger charge is -2.39. The Hall–Kier alpha value is -3.59. The fourth-order valence-corrected chi connectivity index (χ4v) is 4.20. The molecule has 0 bridgehead atoms. The molecule has 9 heteroatoms. The minimum atomic E-state index is -0.884. The molecule has 9 nitrogen and oxygen atoms in total. The van der Waals surface area contributed by atoms with Gasteiger partial charge in [0.15, 0.2) is 5.82 Å². The quantitative estimate of drug-likeness (QED) is 0.476. The second kappa shape index (κ2) is 7.52. The van der Waals surface area contributed by atoms with E-state index in [1.165, 1.54) is 0 Å². The van der Waals surface area contributed by atoms with Crippen LogP contribution in [0.4, 0.5) is 5.95 Å². The van der Waals surface area contributed by atoms with Crippen molar-refractivity contribution in [3.63, 3.8) is 0 Å². The lowest BCUT2D eigenvalue weighted by atomic mass is 9.64. The summed E-state index contributed by atoms with van der Waals surface area (Å²) >= 11 is 0. The molecule has 32 heavy (non-hydrogen) atoms. The second-order valence-corrected chi connectivity index (χ2v) is 8.99. The molecule has 1 fully saturated rings. The zero-order valence-corrected chi connectivity index (χ0v) is 18.1. The van der Waals surface area contributed by atoms with Gasteiger partial charge in [-0.25, -0.2) is 15.0 Å². The molecule has 0 unspecified atom stereocenters. The van der Waals surface area contributed by atoms with Crippen LogP contribution in [0.3, 0.4) is 0 Å². The number of hydrogen-bond donors (Lipinski definition) is 2. The van der Waals surface area contributed by atoms with Crippen LogP contribution in [0.25, 0.3) is 22.7 Å². The summed E-state index contributed by atoms with van der Waals surface area (Å²) in [6.45, 7) is 3.88. The zero-order chi connectivity index (χ0) is 22.3. The normalized spacial score (nSPS) is 15.5. The van der Waals surface area contributed by atoms with Gasteiger partial charge in [0, 0.05) is 18.0 Å². The van der Waals surface area contributed by atoms with E-state index in [2.05, 4.69) is 44.4 Å². The van der Waals surface area contributed by atoms with Crippen molar-refractivity contribution in [3.05, 3.63) is 60.6 Å². The Morgan fingerprint density at radius 1 is 1.09 bits per heavy atom. The van der Waals surface area contributed by atoms with Gasteiger partial charge in [0.05, 0.1) is 30.1 Å². The Morgan fingerprint density at radius 3 is 2.44 bits per heavy atom. The number of rotatable bonds is 6. The Labute approximate surface area is 185 Å². The summed E-state index contributed by atoms with van der Waals surface area (Å²) in [7, 11) is 0. The molecule has 1 aliphatic rings. The first kappa shape index (κ1) is 20.3. The molecule has 0 atom stereocenters. The van der Waals surface area contributed by atoms with Gasteiger partial charge in [0.1, 0.15) is 5.69 Å². The van der Waals surface area contributed by atoms with Gasteiger partial charge < -0.3 is 19.9 Å². The molecule has 3 heterocycles. The highest BCUT2D eigenvalue weighted by atomic mass is 16.5. The lowest BCUT2D eigenvalue weighted by molar-refractivity contribution is 0.0618. The number of imidazole rings is 1. The maximum Gasteiger partial charge on any atom is 0.276 e. The fraction of sp³-hybridized carbons (Fsp3) is 0.348. The minimum Gasteiger partial charge on any atom is -0.389 e. The summed E-state index contributed by atoms with van der Waals surface area (Å²) in [6, 6.07) is 8.34. The largest absolute Gasteiger partial charge is 0.389 e. The Kier molecular flexibility index (Phi) is 4.78. The Bertz CT molecular complexity index is 1220. The highest BCUT2D eigenvalue weighted by Crippen LogP contribution is 2.48. The van der Waals surface area contributed by atoms with E-state index in [1.54, 1.807) is 38.8 Å². The van der Waals surface area contributed by atoms with E-state index >= 15 is 0 Å². The molecule has 0 aliphatic heterocycles. The van der Waals surface area contributed by atoms with Gasteiger partial charge in [-0.3, -0.25) is 0 Å². The molecule has 1 aliphatic carbocycles. The SMILES string of the molecule is CC(C)(O)Cn1cncc1-c1nc(C2(c3ccc(-c4cnc(N)nc4)cc3)CCC2)no1. The third-order valence-electron chi connectivity index (χ3n) is 5.99. The van der Waals surface area contributed by atoms with Crippen molar-refractivity contribution in [2.45, 2.75) is 50.7 Å². The topological polar surface area (TPSA) is 129 Å². The molecule has 164 valence electrons.